The van der Waals surface area contributed by atoms with Crippen LogP contribution < -0.4 is 0 Å². The Balaban J connectivity index is 1.21. The van der Waals surface area contributed by atoms with E-state index in [1.165, 1.54) is 0 Å². The molecule has 274 valence electrons. The van der Waals surface area contributed by atoms with Crippen molar-refractivity contribution in [3.05, 3.63) is 197 Å². The maximum absolute atomic E-state index is 10.8. The zero-order chi connectivity index (χ0) is 40.9. The highest BCUT2D eigenvalue weighted by atomic mass is 15.0. The van der Waals surface area contributed by atoms with Crippen molar-refractivity contribution in [2.75, 3.05) is 0 Å². The second kappa shape index (κ2) is 14.0. The van der Waals surface area contributed by atoms with Gasteiger partial charge in [0, 0.05) is 33.3 Å². The minimum Gasteiger partial charge on any atom is -0.309 e. The molecule has 0 aliphatic heterocycles. The molecule has 8 heteroatoms. The molecule has 7 aromatic carbocycles. The molecule has 10 aromatic rings. The normalized spacial score (nSPS) is 10.9. The lowest BCUT2D eigenvalue weighted by atomic mass is 9.98. The van der Waals surface area contributed by atoms with Gasteiger partial charge in [0.1, 0.15) is 0 Å². The highest BCUT2D eigenvalue weighted by Gasteiger charge is 2.24. The van der Waals surface area contributed by atoms with Crippen molar-refractivity contribution < 1.29 is 0 Å². The minimum atomic E-state index is 0.411. The third kappa shape index (κ3) is 5.53. The van der Waals surface area contributed by atoms with Crippen LogP contribution in [0.5, 0.6) is 0 Å². The van der Waals surface area contributed by atoms with Gasteiger partial charge in [-0.25, -0.2) is 9.69 Å². The second-order valence-electron chi connectivity index (χ2n) is 14.3. The van der Waals surface area contributed by atoms with E-state index in [-0.39, 0.29) is 0 Å². The predicted molar refractivity (Wildman–Crippen MR) is 236 cm³/mol. The monoisotopic (exact) mass is 762 g/mol. The van der Waals surface area contributed by atoms with Gasteiger partial charge in [0.15, 0.2) is 11.4 Å². The Labute approximate surface area is 344 Å². The smallest absolute Gasteiger partial charge is 0.177 e. The molecule has 8 nitrogen and oxygen atoms in total. The lowest BCUT2D eigenvalue weighted by Gasteiger charge is -2.18. The molecule has 0 saturated heterocycles. The van der Waals surface area contributed by atoms with E-state index in [9.17, 15) is 15.8 Å². The average Bonchev–Trinajstić information content (AvgIpc) is 3.82. The van der Waals surface area contributed by atoms with Crippen LogP contribution in [0.25, 0.3) is 98.2 Å². The predicted octanol–water partition coefficient (Wildman–Crippen LogP) is 13.0. The highest BCUT2D eigenvalue weighted by Crippen LogP contribution is 2.43. The maximum atomic E-state index is 10.8. The fourth-order valence-corrected chi connectivity index (χ4v) is 8.48. The number of hydrogen-bond acceptors (Lipinski definition) is 4. The van der Waals surface area contributed by atoms with Gasteiger partial charge in [-0.15, -0.1) is 0 Å². The van der Waals surface area contributed by atoms with Crippen LogP contribution in [-0.4, -0.2) is 14.1 Å². The summed E-state index contributed by atoms with van der Waals surface area (Å²) in [4.78, 5) is 12.3. The van der Waals surface area contributed by atoms with Gasteiger partial charge in [-0.05, 0) is 101 Å². The molecule has 0 bridgehead atoms. The molecule has 0 fully saturated rings. The van der Waals surface area contributed by atoms with Crippen molar-refractivity contribution in [1.29, 1.82) is 15.8 Å². The third-order valence-corrected chi connectivity index (χ3v) is 11.0. The molecule has 0 radical (unpaired) electrons. The lowest BCUT2D eigenvalue weighted by Crippen LogP contribution is -2.04. The van der Waals surface area contributed by atoms with Gasteiger partial charge in [-0.3, -0.25) is 4.98 Å². The van der Waals surface area contributed by atoms with Crippen LogP contribution in [0.15, 0.2) is 158 Å². The molecule has 0 aliphatic rings. The summed E-state index contributed by atoms with van der Waals surface area (Å²) < 4.78 is 4.38. The van der Waals surface area contributed by atoms with E-state index in [2.05, 4.69) is 85.6 Å². The summed E-state index contributed by atoms with van der Waals surface area (Å²) in [6.07, 6.45) is 1.75. The maximum Gasteiger partial charge on any atom is 0.177 e. The fourth-order valence-electron chi connectivity index (χ4n) is 8.48. The summed E-state index contributed by atoms with van der Waals surface area (Å²) in [7, 11) is 0. The Morgan fingerprint density at radius 2 is 0.983 bits per heavy atom. The van der Waals surface area contributed by atoms with Crippen LogP contribution in [0, 0.1) is 47.1 Å². The van der Waals surface area contributed by atoms with Crippen LogP contribution in [0.1, 0.15) is 16.7 Å². The number of fused-ring (bicyclic) bond motifs is 6. The summed E-state index contributed by atoms with van der Waals surface area (Å²) in [6.45, 7) is 15.2. The first kappa shape index (κ1) is 35.2. The number of para-hydroxylation sites is 2. The summed E-state index contributed by atoms with van der Waals surface area (Å²) in [5, 5.41) is 34.2. The molecule has 0 amide bonds. The van der Waals surface area contributed by atoms with E-state index in [4.69, 9.17) is 18.1 Å². The summed E-state index contributed by atoms with van der Waals surface area (Å²) in [5.41, 5.74) is 12.1. The first-order valence-corrected chi connectivity index (χ1v) is 18.9. The van der Waals surface area contributed by atoms with Crippen molar-refractivity contribution in [1.82, 2.24) is 14.1 Å². The molecule has 10 rings (SSSR count). The quantitative estimate of drug-likeness (QED) is 0.163. The van der Waals surface area contributed by atoms with Crippen molar-refractivity contribution in [3.8, 4) is 63.1 Å². The van der Waals surface area contributed by atoms with Crippen molar-refractivity contribution in [2.24, 2.45) is 0 Å². The Morgan fingerprint density at radius 1 is 0.450 bits per heavy atom. The molecule has 3 heterocycles. The molecule has 0 atom stereocenters. The van der Waals surface area contributed by atoms with E-state index in [0.29, 0.717) is 39.3 Å². The number of hydrogen-bond donors (Lipinski definition) is 0. The van der Waals surface area contributed by atoms with Crippen molar-refractivity contribution >= 4 is 55.0 Å². The van der Waals surface area contributed by atoms with Crippen molar-refractivity contribution in [2.45, 2.75) is 0 Å². The van der Waals surface area contributed by atoms with Gasteiger partial charge in [-0.2, -0.15) is 15.8 Å². The van der Waals surface area contributed by atoms with Crippen LogP contribution in [0.2, 0.25) is 0 Å². The number of rotatable bonds is 5. The first-order valence-electron chi connectivity index (χ1n) is 18.9. The summed E-state index contributed by atoms with van der Waals surface area (Å²) in [5.74, 6) is 0. The Morgan fingerprint density at radius 3 is 1.55 bits per heavy atom. The fraction of sp³-hybridized carbons (Fsp3) is 0. The zero-order valence-electron chi connectivity index (χ0n) is 31.6. The molecule has 0 saturated carbocycles. The zero-order valence-corrected chi connectivity index (χ0v) is 31.6. The van der Waals surface area contributed by atoms with Gasteiger partial charge in [0.2, 0.25) is 0 Å². The number of aromatic nitrogens is 3. The third-order valence-electron chi connectivity index (χ3n) is 11.0. The molecule has 3 aromatic heterocycles. The number of benzene rings is 7. The molecule has 0 aliphatic carbocycles. The van der Waals surface area contributed by atoms with Crippen LogP contribution >= 0.6 is 0 Å². The molecule has 0 unspecified atom stereocenters. The van der Waals surface area contributed by atoms with E-state index < -0.39 is 0 Å². The van der Waals surface area contributed by atoms with Gasteiger partial charge in [-0.1, -0.05) is 72.8 Å². The second-order valence-corrected chi connectivity index (χ2v) is 14.3. The van der Waals surface area contributed by atoms with Gasteiger partial charge in [0.25, 0.3) is 0 Å². The molecular weight excluding hydrogens is 737 g/mol. The van der Waals surface area contributed by atoms with Gasteiger partial charge >= 0.3 is 0 Å². The average molecular weight is 763 g/mol. The SMILES string of the molecule is [C-]#[N+]c1cc([N+]#[C-])cc(-c2ccc3c(c2)c2ccccc2n3-c2cccc(C#N)c2-c2ncccc2-n2c3ccccc3c3cc(-c4cc(C#N)cc(C#N)c4)ccc32)c1. The number of pyridine rings is 1. The molecule has 60 heavy (non-hydrogen) atoms. The Bertz CT molecular complexity index is 3620. The van der Waals surface area contributed by atoms with Crippen molar-refractivity contribution in [3.63, 3.8) is 0 Å². The Hall–Kier alpha value is -9.26. The summed E-state index contributed by atoms with van der Waals surface area (Å²) >= 11 is 0. The topological polar surface area (TPSA) is 103 Å². The van der Waals surface area contributed by atoms with Crippen LogP contribution in [0.4, 0.5) is 11.4 Å². The van der Waals surface area contributed by atoms with E-state index in [0.717, 1.165) is 77.2 Å². The summed E-state index contributed by atoms with van der Waals surface area (Å²) in [6, 6.07) is 55.6. The lowest BCUT2D eigenvalue weighted by molar-refractivity contribution is 1.12. The van der Waals surface area contributed by atoms with E-state index in [1.807, 2.05) is 78.9 Å². The van der Waals surface area contributed by atoms with Gasteiger partial charge in [0.05, 0.1) is 87.2 Å². The highest BCUT2D eigenvalue weighted by molar-refractivity contribution is 6.13. The largest absolute Gasteiger partial charge is 0.309 e. The van der Waals surface area contributed by atoms with E-state index >= 15 is 0 Å². The molecule has 0 spiro atoms. The van der Waals surface area contributed by atoms with Crippen LogP contribution in [-0.2, 0) is 0 Å². The van der Waals surface area contributed by atoms with Crippen LogP contribution in [0.3, 0.4) is 0 Å². The molecule has 0 N–H and O–H groups in total. The first-order chi connectivity index (χ1) is 29.5. The number of nitrogens with zero attached hydrogens (tertiary/aromatic N) is 8. The minimum absolute atomic E-state index is 0.411. The Kier molecular flexibility index (Phi) is 8.23. The van der Waals surface area contributed by atoms with Gasteiger partial charge < -0.3 is 9.13 Å². The molecular formula is C52H26N8. The number of nitriles is 3. The standard InChI is InChI=1S/C52H26N8/c1-56-39-24-38(25-40(28-39)57-2)35-17-18-47-43(27-35)41-10-3-5-12-45(41)59(47)49-14-7-9-36(31-55)51(49)52-50(15-8-20-58-52)60-46-13-6-4-11-42(46)44-26-34(16-19-48(44)60)37-22-32(29-53)21-33(23-37)30-54/h3-28H. The van der Waals surface area contributed by atoms with E-state index in [1.54, 1.807) is 30.5 Å².